The average molecular weight is 596 g/mol. The van der Waals surface area contributed by atoms with Crippen molar-refractivity contribution in [2.75, 3.05) is 49.1 Å². The molecule has 214 valence electrons. The van der Waals surface area contributed by atoms with Crippen molar-refractivity contribution < 1.29 is 9.90 Å². The molecule has 0 spiro atoms. The molecule has 0 bridgehead atoms. The number of aliphatic hydroxyl groups is 1. The van der Waals surface area contributed by atoms with Gasteiger partial charge >= 0.3 is 0 Å². The van der Waals surface area contributed by atoms with E-state index in [1.54, 1.807) is 0 Å². The molecule has 2 saturated heterocycles. The van der Waals surface area contributed by atoms with Crippen LogP contribution < -0.4 is 20.9 Å². The minimum atomic E-state index is -0.572. The summed E-state index contributed by atoms with van der Waals surface area (Å²) in [5.41, 5.74) is 7.99. The SMILES string of the molecule is CC1(C(N)=O)CCN(c2nc(N3CCNC[C@H]3CO)nc3c2nc(-c2ccccc2Cl)n3-c2ccc(Cl)cc2)CC1. The minimum Gasteiger partial charge on any atom is -0.394 e. The number of carbonyl (C=O) groups excluding carboxylic acids is 1. The Morgan fingerprint density at radius 1 is 1.07 bits per heavy atom. The van der Waals surface area contributed by atoms with Crippen LogP contribution in [0, 0.1) is 5.41 Å². The van der Waals surface area contributed by atoms with Crippen LogP contribution in [0.15, 0.2) is 48.5 Å². The molecule has 2 fully saturated rings. The summed E-state index contributed by atoms with van der Waals surface area (Å²) in [6, 6.07) is 14.9. The van der Waals surface area contributed by atoms with Crippen LogP contribution in [0.4, 0.5) is 11.8 Å². The molecule has 4 heterocycles. The number of benzene rings is 2. The van der Waals surface area contributed by atoms with E-state index in [1.807, 2.05) is 64.9 Å². The summed E-state index contributed by atoms with van der Waals surface area (Å²) >= 11 is 13.0. The van der Waals surface area contributed by atoms with E-state index in [9.17, 15) is 9.90 Å². The summed E-state index contributed by atoms with van der Waals surface area (Å²) in [5.74, 6) is 1.52. The number of aromatic nitrogens is 4. The minimum absolute atomic E-state index is 0.0360. The van der Waals surface area contributed by atoms with Gasteiger partial charge in [-0.3, -0.25) is 9.36 Å². The van der Waals surface area contributed by atoms with Crippen LogP contribution in [-0.4, -0.2) is 75.9 Å². The number of hydrogen-bond acceptors (Lipinski definition) is 8. The van der Waals surface area contributed by atoms with Crippen LogP contribution in [-0.2, 0) is 4.79 Å². The van der Waals surface area contributed by atoms with Crippen molar-refractivity contribution in [1.82, 2.24) is 24.8 Å². The number of rotatable bonds is 6. The average Bonchev–Trinajstić information content (AvgIpc) is 3.37. The molecule has 0 saturated carbocycles. The van der Waals surface area contributed by atoms with E-state index >= 15 is 0 Å². The van der Waals surface area contributed by atoms with Gasteiger partial charge in [0.2, 0.25) is 11.9 Å². The number of nitrogens with zero attached hydrogens (tertiary/aromatic N) is 6. The summed E-state index contributed by atoms with van der Waals surface area (Å²) in [5, 5.41) is 14.7. The molecule has 0 aliphatic carbocycles. The number of anilines is 2. The second kappa shape index (κ2) is 11.1. The summed E-state index contributed by atoms with van der Waals surface area (Å²) in [4.78, 5) is 31.7. The molecule has 2 aliphatic rings. The Bertz CT molecular complexity index is 1580. The highest BCUT2D eigenvalue weighted by molar-refractivity contribution is 6.33. The number of primary amides is 1. The lowest BCUT2D eigenvalue weighted by atomic mass is 9.80. The number of piperidine rings is 1. The van der Waals surface area contributed by atoms with Crippen molar-refractivity contribution in [2.24, 2.45) is 11.1 Å². The van der Waals surface area contributed by atoms with Gasteiger partial charge < -0.3 is 26.0 Å². The molecule has 12 heteroatoms. The Balaban J connectivity index is 1.60. The van der Waals surface area contributed by atoms with Gasteiger partial charge in [-0.15, -0.1) is 0 Å². The summed E-state index contributed by atoms with van der Waals surface area (Å²) in [6.07, 6.45) is 1.21. The summed E-state index contributed by atoms with van der Waals surface area (Å²) in [7, 11) is 0. The number of hydrogen-bond donors (Lipinski definition) is 3. The van der Waals surface area contributed by atoms with E-state index in [-0.39, 0.29) is 18.6 Å². The summed E-state index contributed by atoms with van der Waals surface area (Å²) in [6.45, 7) is 5.07. The van der Waals surface area contributed by atoms with Gasteiger partial charge in [0.1, 0.15) is 5.82 Å². The molecular weight excluding hydrogens is 563 g/mol. The second-order valence-corrected chi connectivity index (χ2v) is 11.7. The summed E-state index contributed by atoms with van der Waals surface area (Å²) < 4.78 is 1.98. The predicted molar refractivity (Wildman–Crippen MR) is 162 cm³/mol. The molecule has 4 N–H and O–H groups in total. The third-order valence-corrected chi connectivity index (χ3v) is 8.84. The number of carbonyl (C=O) groups is 1. The number of nitrogens with one attached hydrogen (secondary N) is 1. The molecular formula is C29H32Cl2N8O2. The van der Waals surface area contributed by atoms with E-state index in [2.05, 4.69) is 10.2 Å². The zero-order valence-corrected chi connectivity index (χ0v) is 24.2. The first kappa shape index (κ1) is 27.7. The number of amides is 1. The normalized spacial score (nSPS) is 19.1. The maximum Gasteiger partial charge on any atom is 0.229 e. The Morgan fingerprint density at radius 3 is 2.49 bits per heavy atom. The Morgan fingerprint density at radius 2 is 1.80 bits per heavy atom. The van der Waals surface area contributed by atoms with Crippen molar-refractivity contribution in [1.29, 1.82) is 0 Å². The van der Waals surface area contributed by atoms with Gasteiger partial charge in [-0.05, 0) is 49.2 Å². The second-order valence-electron chi connectivity index (χ2n) is 10.9. The number of halogens is 2. The monoisotopic (exact) mass is 594 g/mol. The van der Waals surface area contributed by atoms with E-state index in [0.717, 1.165) is 17.8 Å². The molecule has 41 heavy (non-hydrogen) atoms. The fourth-order valence-electron chi connectivity index (χ4n) is 5.59. The smallest absolute Gasteiger partial charge is 0.229 e. The van der Waals surface area contributed by atoms with E-state index in [0.29, 0.717) is 77.8 Å². The quantitative estimate of drug-likeness (QED) is 0.309. The molecule has 6 rings (SSSR count). The zero-order valence-electron chi connectivity index (χ0n) is 22.7. The Labute approximate surface area is 248 Å². The first-order valence-electron chi connectivity index (χ1n) is 13.7. The number of piperazine rings is 1. The molecule has 2 aromatic heterocycles. The van der Waals surface area contributed by atoms with Crippen LogP contribution in [0.3, 0.4) is 0 Å². The third-order valence-electron chi connectivity index (χ3n) is 8.26. The van der Waals surface area contributed by atoms with Crippen molar-refractivity contribution in [2.45, 2.75) is 25.8 Å². The van der Waals surface area contributed by atoms with Gasteiger partial charge in [-0.2, -0.15) is 9.97 Å². The molecule has 2 aromatic carbocycles. The Hall–Kier alpha value is -3.44. The van der Waals surface area contributed by atoms with E-state index < -0.39 is 5.41 Å². The fourth-order valence-corrected chi connectivity index (χ4v) is 5.93. The van der Waals surface area contributed by atoms with Gasteiger partial charge in [0, 0.05) is 54.4 Å². The van der Waals surface area contributed by atoms with Crippen molar-refractivity contribution in [3.8, 4) is 17.1 Å². The van der Waals surface area contributed by atoms with Crippen molar-refractivity contribution >= 4 is 52.0 Å². The highest BCUT2D eigenvalue weighted by Crippen LogP contribution is 2.39. The number of aliphatic hydroxyl groups excluding tert-OH is 1. The highest BCUT2D eigenvalue weighted by Gasteiger charge is 2.37. The molecule has 0 unspecified atom stereocenters. The maximum absolute atomic E-state index is 12.2. The third kappa shape index (κ3) is 5.10. The van der Waals surface area contributed by atoms with Crippen LogP contribution >= 0.6 is 23.2 Å². The van der Waals surface area contributed by atoms with E-state index in [1.165, 1.54) is 0 Å². The number of fused-ring (bicyclic) bond motifs is 1. The van der Waals surface area contributed by atoms with Crippen LogP contribution in [0.1, 0.15) is 19.8 Å². The molecule has 0 radical (unpaired) electrons. The first-order chi connectivity index (χ1) is 19.8. The van der Waals surface area contributed by atoms with Gasteiger partial charge in [-0.25, -0.2) is 4.98 Å². The van der Waals surface area contributed by atoms with Crippen LogP contribution in [0.2, 0.25) is 10.0 Å². The number of imidazole rings is 1. The largest absolute Gasteiger partial charge is 0.394 e. The first-order valence-corrected chi connectivity index (χ1v) is 14.5. The molecule has 1 atom stereocenters. The lowest BCUT2D eigenvalue weighted by Crippen LogP contribution is -2.53. The predicted octanol–water partition coefficient (Wildman–Crippen LogP) is 3.65. The molecule has 1 amide bonds. The lowest BCUT2D eigenvalue weighted by Gasteiger charge is -2.39. The van der Waals surface area contributed by atoms with Gasteiger partial charge in [0.15, 0.2) is 17.0 Å². The topological polar surface area (TPSA) is 125 Å². The van der Waals surface area contributed by atoms with Crippen molar-refractivity contribution in [3.63, 3.8) is 0 Å². The fraction of sp³-hybridized carbons (Fsp3) is 0.379. The molecule has 10 nitrogen and oxygen atoms in total. The number of nitrogens with two attached hydrogens (primary N) is 1. The van der Waals surface area contributed by atoms with E-state index in [4.69, 9.17) is 43.9 Å². The van der Waals surface area contributed by atoms with Crippen molar-refractivity contribution in [3.05, 3.63) is 58.6 Å². The van der Waals surface area contributed by atoms with Crippen LogP contribution in [0.5, 0.6) is 0 Å². The standard InChI is InChI=1S/C29H32Cl2N8O2/c1-29(27(32)41)10-13-37(14-11-29)25-23-26(36-28(35-25)38-15-12-33-16-20(38)17-40)39(19-8-6-18(30)7-9-19)24(34-23)21-4-2-3-5-22(21)31/h2-9,20,33,40H,10-17H2,1H3,(H2,32,41)/t20-/m0/s1. The van der Waals surface area contributed by atoms with Gasteiger partial charge in [0.05, 0.1) is 17.7 Å². The zero-order chi connectivity index (χ0) is 28.7. The molecule has 2 aliphatic heterocycles. The maximum atomic E-state index is 12.2. The van der Waals surface area contributed by atoms with Gasteiger partial charge in [0.25, 0.3) is 0 Å². The highest BCUT2D eigenvalue weighted by atomic mass is 35.5. The van der Waals surface area contributed by atoms with Gasteiger partial charge in [-0.1, -0.05) is 42.3 Å². The Kier molecular flexibility index (Phi) is 7.50. The molecule has 4 aromatic rings. The van der Waals surface area contributed by atoms with Crippen LogP contribution in [0.25, 0.3) is 28.2 Å². The lowest BCUT2D eigenvalue weighted by molar-refractivity contribution is -0.127.